The highest BCUT2D eigenvalue weighted by Crippen LogP contribution is 2.38. The number of aromatic nitrogens is 1. The zero-order valence-corrected chi connectivity index (χ0v) is 25.6. The van der Waals surface area contributed by atoms with Crippen LogP contribution in [-0.2, 0) is 19.1 Å². The van der Waals surface area contributed by atoms with Crippen molar-refractivity contribution in [1.82, 2.24) is 4.57 Å². The van der Waals surface area contributed by atoms with Crippen LogP contribution < -0.4 is 33.8 Å². The summed E-state index contributed by atoms with van der Waals surface area (Å²) >= 11 is 4.75. The zero-order valence-electron chi connectivity index (χ0n) is 23.2. The molecule has 0 radical (unpaired) electrons. The topological polar surface area (TPSA) is 124 Å². The third-order valence-electron chi connectivity index (χ3n) is 6.45. The highest BCUT2D eigenvalue weighted by atomic mass is 79.9. The Labute approximate surface area is 252 Å². The first kappa shape index (κ1) is 29.4. The maximum absolute atomic E-state index is 14.0. The van der Waals surface area contributed by atoms with Crippen LogP contribution in [0.1, 0.15) is 37.9 Å². The van der Waals surface area contributed by atoms with Gasteiger partial charge in [0.2, 0.25) is 6.79 Å². The van der Waals surface area contributed by atoms with Crippen molar-refractivity contribution in [3.63, 3.8) is 0 Å². The number of halogens is 1. The molecule has 0 saturated heterocycles. The van der Waals surface area contributed by atoms with E-state index >= 15 is 0 Å². The van der Waals surface area contributed by atoms with E-state index in [0.717, 1.165) is 4.47 Å². The summed E-state index contributed by atoms with van der Waals surface area (Å²) in [4.78, 5) is 43.9. The molecule has 0 saturated carbocycles. The number of ether oxygens (including phenoxy) is 6. The Morgan fingerprint density at radius 2 is 1.88 bits per heavy atom. The van der Waals surface area contributed by atoms with Gasteiger partial charge in [-0.3, -0.25) is 9.36 Å². The second kappa shape index (κ2) is 12.4. The van der Waals surface area contributed by atoms with Gasteiger partial charge in [0.15, 0.2) is 34.4 Å². The van der Waals surface area contributed by atoms with Gasteiger partial charge in [0.25, 0.3) is 5.56 Å². The number of nitrogens with zero attached hydrogens (tertiary/aromatic N) is 2. The van der Waals surface area contributed by atoms with Crippen molar-refractivity contribution >= 4 is 45.3 Å². The molecule has 0 spiro atoms. The first-order valence-corrected chi connectivity index (χ1v) is 14.6. The Hall–Kier alpha value is -4.10. The van der Waals surface area contributed by atoms with Gasteiger partial charge in [0, 0.05) is 4.47 Å². The third-order valence-corrected chi connectivity index (χ3v) is 8.12. The quantitative estimate of drug-likeness (QED) is 0.319. The van der Waals surface area contributed by atoms with Crippen molar-refractivity contribution in [2.75, 3.05) is 33.7 Å². The molecule has 0 N–H and O–H groups in total. The summed E-state index contributed by atoms with van der Waals surface area (Å²) in [5.41, 5.74) is 1.60. The van der Waals surface area contributed by atoms with E-state index in [0.29, 0.717) is 55.8 Å². The van der Waals surface area contributed by atoms with E-state index < -0.39 is 18.0 Å². The summed E-state index contributed by atoms with van der Waals surface area (Å²) in [6, 6.07) is 7.74. The fourth-order valence-corrected chi connectivity index (χ4v) is 6.04. The lowest BCUT2D eigenvalue weighted by molar-refractivity contribution is -0.143. The fourth-order valence-electron chi connectivity index (χ4n) is 4.57. The molecule has 2 aromatic carbocycles. The molecule has 1 atom stereocenters. The smallest absolute Gasteiger partial charge is 0.343 e. The second-order valence-electron chi connectivity index (χ2n) is 9.03. The number of benzene rings is 2. The molecular weight excluding hydrogens is 632 g/mol. The maximum Gasteiger partial charge on any atom is 0.343 e. The Morgan fingerprint density at radius 1 is 1.12 bits per heavy atom. The summed E-state index contributed by atoms with van der Waals surface area (Å²) in [7, 11) is 1.27. The summed E-state index contributed by atoms with van der Waals surface area (Å²) in [5.74, 6) is 0.701. The predicted octanol–water partition coefficient (Wildman–Crippen LogP) is 3.24. The number of rotatable bonds is 9. The molecule has 2 aliphatic heterocycles. The lowest BCUT2D eigenvalue weighted by Gasteiger charge is -2.25. The zero-order chi connectivity index (χ0) is 30.0. The minimum absolute atomic E-state index is 0.125. The van der Waals surface area contributed by atoms with Crippen LogP contribution in [0.4, 0.5) is 0 Å². The highest BCUT2D eigenvalue weighted by molar-refractivity contribution is 9.10. The Bertz CT molecular complexity index is 1780. The summed E-state index contributed by atoms with van der Waals surface area (Å²) < 4.78 is 35.0. The van der Waals surface area contributed by atoms with E-state index in [9.17, 15) is 14.4 Å². The van der Waals surface area contributed by atoms with Gasteiger partial charge in [-0.25, -0.2) is 14.6 Å². The SMILES string of the molecule is CCOC(=O)C1=C(C)N=c2s/c(=C/c3cc4c(cc3Br)OCO4)c(=O)n2[C@@H]1c1ccc(OCC(=O)OC)c(OCC)c1. The van der Waals surface area contributed by atoms with Gasteiger partial charge >= 0.3 is 11.9 Å². The van der Waals surface area contributed by atoms with Crippen LogP contribution in [0.2, 0.25) is 0 Å². The van der Waals surface area contributed by atoms with Crippen LogP contribution in [0.5, 0.6) is 23.0 Å². The van der Waals surface area contributed by atoms with E-state index in [2.05, 4.69) is 25.7 Å². The van der Waals surface area contributed by atoms with Gasteiger partial charge in [-0.2, -0.15) is 0 Å². The van der Waals surface area contributed by atoms with Crippen LogP contribution in [0.25, 0.3) is 6.08 Å². The number of thiazole rings is 1. The van der Waals surface area contributed by atoms with Crippen molar-refractivity contribution in [3.8, 4) is 23.0 Å². The lowest BCUT2D eigenvalue weighted by atomic mass is 9.95. The van der Waals surface area contributed by atoms with Crippen LogP contribution in [0.15, 0.2) is 55.9 Å². The molecule has 0 fully saturated rings. The summed E-state index contributed by atoms with van der Waals surface area (Å²) in [6.07, 6.45) is 1.74. The Kier molecular flexibility index (Phi) is 8.69. The van der Waals surface area contributed by atoms with Crippen LogP contribution >= 0.6 is 27.3 Å². The van der Waals surface area contributed by atoms with E-state index in [1.165, 1.54) is 23.0 Å². The minimum Gasteiger partial charge on any atom is -0.490 e. The van der Waals surface area contributed by atoms with E-state index in [1.54, 1.807) is 50.3 Å². The number of carbonyl (C=O) groups is 2. The Balaban J connectivity index is 1.66. The average Bonchev–Trinajstić information content (AvgIpc) is 3.54. The molecule has 0 unspecified atom stereocenters. The monoisotopic (exact) mass is 658 g/mol. The number of allylic oxidation sites excluding steroid dienone is 1. The molecule has 0 bridgehead atoms. The molecule has 3 heterocycles. The first-order chi connectivity index (χ1) is 20.2. The molecule has 11 nitrogen and oxygen atoms in total. The molecule has 2 aliphatic rings. The van der Waals surface area contributed by atoms with Gasteiger partial charge in [-0.15, -0.1) is 0 Å². The van der Waals surface area contributed by atoms with Gasteiger partial charge in [-0.1, -0.05) is 33.3 Å². The van der Waals surface area contributed by atoms with Crippen LogP contribution in [0, 0.1) is 0 Å². The number of carbonyl (C=O) groups excluding carboxylic acids is 2. The van der Waals surface area contributed by atoms with Crippen molar-refractivity contribution in [3.05, 3.63) is 76.9 Å². The molecule has 3 aromatic rings. The van der Waals surface area contributed by atoms with Crippen molar-refractivity contribution in [1.29, 1.82) is 0 Å². The van der Waals surface area contributed by atoms with Crippen LogP contribution in [-0.4, -0.2) is 50.2 Å². The van der Waals surface area contributed by atoms with Crippen molar-refractivity contribution in [2.45, 2.75) is 26.8 Å². The molecule has 0 amide bonds. The maximum atomic E-state index is 14.0. The van der Waals surface area contributed by atoms with Gasteiger partial charge < -0.3 is 28.4 Å². The molecule has 13 heteroatoms. The minimum atomic E-state index is -0.864. The second-order valence-corrected chi connectivity index (χ2v) is 10.9. The summed E-state index contributed by atoms with van der Waals surface area (Å²) in [5, 5.41) is 0. The van der Waals surface area contributed by atoms with Gasteiger partial charge in [0.1, 0.15) is 0 Å². The normalized spacial score (nSPS) is 15.6. The van der Waals surface area contributed by atoms with E-state index in [-0.39, 0.29) is 31.1 Å². The molecule has 1 aromatic heterocycles. The number of hydrogen-bond donors (Lipinski definition) is 0. The lowest BCUT2D eigenvalue weighted by Crippen LogP contribution is -2.40. The third kappa shape index (κ3) is 5.66. The fraction of sp³-hybridized carbons (Fsp3) is 0.310. The summed E-state index contributed by atoms with van der Waals surface area (Å²) in [6.45, 7) is 5.50. The largest absolute Gasteiger partial charge is 0.490 e. The Morgan fingerprint density at radius 3 is 2.60 bits per heavy atom. The number of methoxy groups -OCH3 is 1. The predicted molar refractivity (Wildman–Crippen MR) is 156 cm³/mol. The molecule has 42 heavy (non-hydrogen) atoms. The molecule has 0 aliphatic carbocycles. The van der Waals surface area contributed by atoms with E-state index in [4.69, 9.17) is 23.7 Å². The van der Waals surface area contributed by atoms with Crippen molar-refractivity contribution < 1.29 is 38.0 Å². The molecule has 5 rings (SSSR count). The number of fused-ring (bicyclic) bond motifs is 2. The van der Waals surface area contributed by atoms with Crippen molar-refractivity contribution in [2.24, 2.45) is 4.99 Å². The van der Waals surface area contributed by atoms with Gasteiger partial charge in [0.05, 0.1) is 42.2 Å². The highest BCUT2D eigenvalue weighted by Gasteiger charge is 2.34. The molecule has 220 valence electrons. The van der Waals surface area contributed by atoms with Crippen LogP contribution in [0.3, 0.4) is 0 Å². The van der Waals surface area contributed by atoms with E-state index in [1.807, 2.05) is 6.92 Å². The number of hydrogen-bond acceptors (Lipinski definition) is 11. The average molecular weight is 660 g/mol. The molecular formula is C29H27BrN2O9S. The van der Waals surface area contributed by atoms with Gasteiger partial charge in [-0.05, 0) is 62.2 Å². The standard InChI is InChI=1S/C29H27BrN2O9S/c1-5-37-20-9-16(7-8-19(20)39-13-24(33)36-4)26-25(28(35)38-6-2)15(3)31-29-32(26)27(34)23(42-29)11-17-10-21-22(12-18(17)30)41-14-40-21/h7-12,26H,5-6,13-14H2,1-4H3/b23-11+/t26-/m1/s1. The first-order valence-electron chi connectivity index (χ1n) is 13.0. The number of esters is 2.